The first-order valence-electron chi connectivity index (χ1n) is 9.36. The van der Waals surface area contributed by atoms with Gasteiger partial charge in [0, 0.05) is 33.2 Å². The zero-order valence-corrected chi connectivity index (χ0v) is 17.0. The van der Waals surface area contributed by atoms with E-state index in [0.29, 0.717) is 13.2 Å². The zero-order valence-electron chi connectivity index (χ0n) is 17.0. The van der Waals surface area contributed by atoms with Crippen molar-refractivity contribution in [3.63, 3.8) is 0 Å². The van der Waals surface area contributed by atoms with Crippen molar-refractivity contribution in [3.8, 4) is 0 Å². The van der Waals surface area contributed by atoms with E-state index in [4.69, 9.17) is 14.5 Å². The van der Waals surface area contributed by atoms with Gasteiger partial charge in [-0.05, 0) is 18.8 Å². The highest BCUT2D eigenvalue weighted by Crippen LogP contribution is 2.22. The van der Waals surface area contributed by atoms with Crippen LogP contribution >= 0.6 is 0 Å². The number of nitrogens with one attached hydrogen (secondary N) is 2. The Balaban J connectivity index is 1.99. The number of hydrogen-bond acceptors (Lipinski definition) is 5. The first kappa shape index (κ1) is 20.6. The van der Waals surface area contributed by atoms with Crippen LogP contribution in [0.3, 0.4) is 0 Å². The minimum Gasteiger partial charge on any atom is -0.379 e. The molecule has 148 valence electrons. The van der Waals surface area contributed by atoms with E-state index in [1.807, 2.05) is 4.68 Å². The van der Waals surface area contributed by atoms with Crippen molar-refractivity contribution < 1.29 is 9.47 Å². The Morgan fingerprint density at radius 3 is 2.77 bits per heavy atom. The highest BCUT2D eigenvalue weighted by Gasteiger charge is 2.25. The Bertz CT molecular complexity index is 593. The molecule has 1 aliphatic heterocycles. The number of aliphatic imine (C=N–C) groups is 1. The minimum absolute atomic E-state index is 0.0494. The van der Waals surface area contributed by atoms with Gasteiger partial charge < -0.3 is 20.1 Å². The first-order valence-corrected chi connectivity index (χ1v) is 9.36. The summed E-state index contributed by atoms with van der Waals surface area (Å²) in [5.74, 6) is 2.60. The monoisotopic (exact) mass is 366 g/mol. The smallest absolute Gasteiger partial charge is 0.191 e. The molecule has 2 atom stereocenters. The Hall–Kier alpha value is -1.67. The lowest BCUT2D eigenvalue weighted by Crippen LogP contribution is -2.47. The second-order valence-corrected chi connectivity index (χ2v) is 7.75. The van der Waals surface area contributed by atoms with Crippen LogP contribution < -0.4 is 10.6 Å². The molecule has 1 aromatic rings. The number of rotatable bonds is 7. The molecular weight excluding hydrogens is 332 g/mol. The maximum absolute atomic E-state index is 5.61. The molecule has 0 spiro atoms. The molecule has 0 bridgehead atoms. The molecule has 0 radical (unpaired) electrons. The van der Waals surface area contributed by atoms with Gasteiger partial charge in [-0.1, -0.05) is 20.8 Å². The number of guanidine groups is 1. The lowest BCUT2D eigenvalue weighted by atomic mass is 9.89. The normalized spacial score (nSPS) is 19.2. The van der Waals surface area contributed by atoms with Gasteiger partial charge in [0.25, 0.3) is 0 Å². The van der Waals surface area contributed by atoms with Crippen molar-refractivity contribution in [1.29, 1.82) is 0 Å². The third kappa shape index (κ3) is 5.67. The van der Waals surface area contributed by atoms with E-state index in [2.05, 4.69) is 48.4 Å². The topological polar surface area (TPSA) is 85.6 Å². The molecule has 1 aliphatic rings. The molecule has 8 nitrogen and oxygen atoms in total. The molecule has 1 aromatic heterocycles. The fourth-order valence-corrected chi connectivity index (χ4v) is 3.06. The molecule has 0 aromatic carbocycles. The molecule has 26 heavy (non-hydrogen) atoms. The number of aryl methyl sites for hydroxylation is 1. The van der Waals surface area contributed by atoms with E-state index in [1.165, 1.54) is 0 Å². The van der Waals surface area contributed by atoms with Gasteiger partial charge in [-0.15, -0.1) is 0 Å². The standard InChI is InChI=1S/C18H34N6O2/c1-7-19-17(20-10-14(26-6)18(2,3)4)21-13-8-9-16-22-15(12-25-5)23-24(16)11-13/h13-14H,7-12H2,1-6H3,(H2,19,20,21). The SMILES string of the molecule is CCNC(=NCC(OC)C(C)(C)C)NC1CCc2nc(COC)nn2C1. The molecule has 0 amide bonds. The fourth-order valence-electron chi connectivity index (χ4n) is 3.06. The number of methoxy groups -OCH3 is 2. The highest BCUT2D eigenvalue weighted by molar-refractivity contribution is 5.80. The maximum Gasteiger partial charge on any atom is 0.191 e. The zero-order chi connectivity index (χ0) is 19.2. The van der Waals surface area contributed by atoms with Crippen molar-refractivity contribution in [2.24, 2.45) is 10.4 Å². The van der Waals surface area contributed by atoms with Crippen LogP contribution in [-0.2, 0) is 29.0 Å². The van der Waals surface area contributed by atoms with E-state index >= 15 is 0 Å². The average molecular weight is 367 g/mol. The van der Waals surface area contributed by atoms with Gasteiger partial charge in [-0.25, -0.2) is 9.67 Å². The van der Waals surface area contributed by atoms with Crippen molar-refractivity contribution in [2.75, 3.05) is 27.3 Å². The van der Waals surface area contributed by atoms with Crippen molar-refractivity contribution in [3.05, 3.63) is 11.6 Å². The lowest BCUT2D eigenvalue weighted by Gasteiger charge is -2.29. The van der Waals surface area contributed by atoms with Gasteiger partial charge in [-0.3, -0.25) is 4.99 Å². The Morgan fingerprint density at radius 2 is 2.15 bits per heavy atom. The third-order valence-electron chi connectivity index (χ3n) is 4.53. The molecule has 2 rings (SSSR count). The average Bonchev–Trinajstić information content (AvgIpc) is 2.96. The fraction of sp³-hybridized carbons (Fsp3) is 0.833. The Labute approximate surface area is 156 Å². The molecule has 8 heteroatoms. The number of hydrogen-bond donors (Lipinski definition) is 2. The largest absolute Gasteiger partial charge is 0.379 e. The molecule has 0 aliphatic carbocycles. The van der Waals surface area contributed by atoms with Crippen LogP contribution in [0.25, 0.3) is 0 Å². The quantitative estimate of drug-likeness (QED) is 0.560. The van der Waals surface area contributed by atoms with Crippen LogP contribution in [-0.4, -0.2) is 60.2 Å². The summed E-state index contributed by atoms with van der Waals surface area (Å²) in [5, 5.41) is 11.4. The molecule has 2 unspecified atom stereocenters. The predicted molar refractivity (Wildman–Crippen MR) is 102 cm³/mol. The predicted octanol–water partition coefficient (Wildman–Crippen LogP) is 1.36. The summed E-state index contributed by atoms with van der Waals surface area (Å²) in [4.78, 5) is 9.26. The molecule has 0 saturated heterocycles. The van der Waals surface area contributed by atoms with Crippen molar-refractivity contribution in [1.82, 2.24) is 25.4 Å². The van der Waals surface area contributed by atoms with E-state index in [9.17, 15) is 0 Å². The van der Waals surface area contributed by atoms with Crippen LogP contribution in [0.2, 0.25) is 0 Å². The summed E-state index contributed by atoms with van der Waals surface area (Å²) >= 11 is 0. The Morgan fingerprint density at radius 1 is 1.38 bits per heavy atom. The number of ether oxygens (including phenoxy) is 2. The molecule has 2 heterocycles. The Kier molecular flexibility index (Phi) is 7.40. The maximum atomic E-state index is 5.61. The lowest BCUT2D eigenvalue weighted by molar-refractivity contribution is 0.0241. The van der Waals surface area contributed by atoms with Gasteiger partial charge in [0.1, 0.15) is 12.4 Å². The van der Waals surface area contributed by atoms with Gasteiger partial charge >= 0.3 is 0 Å². The van der Waals surface area contributed by atoms with Crippen molar-refractivity contribution in [2.45, 2.75) is 65.8 Å². The van der Waals surface area contributed by atoms with E-state index < -0.39 is 0 Å². The molecular formula is C18H34N6O2. The van der Waals surface area contributed by atoms with Crippen LogP contribution in [0, 0.1) is 5.41 Å². The summed E-state index contributed by atoms with van der Waals surface area (Å²) in [6.07, 6.45) is 1.97. The summed E-state index contributed by atoms with van der Waals surface area (Å²) in [6.45, 7) is 11.2. The highest BCUT2D eigenvalue weighted by atomic mass is 16.5. The van der Waals surface area contributed by atoms with E-state index in [0.717, 1.165) is 43.5 Å². The first-order chi connectivity index (χ1) is 12.4. The summed E-state index contributed by atoms with van der Waals surface area (Å²) in [5.41, 5.74) is 0.0494. The van der Waals surface area contributed by atoms with Gasteiger partial charge in [0.2, 0.25) is 0 Å². The number of aromatic nitrogens is 3. The van der Waals surface area contributed by atoms with Gasteiger partial charge in [0.05, 0.1) is 19.2 Å². The second-order valence-electron chi connectivity index (χ2n) is 7.75. The number of nitrogens with zero attached hydrogens (tertiary/aromatic N) is 4. The number of fused-ring (bicyclic) bond motifs is 1. The van der Waals surface area contributed by atoms with Crippen LogP contribution in [0.15, 0.2) is 4.99 Å². The van der Waals surface area contributed by atoms with Crippen molar-refractivity contribution >= 4 is 5.96 Å². The van der Waals surface area contributed by atoms with E-state index in [-0.39, 0.29) is 17.6 Å². The molecule has 0 saturated carbocycles. The van der Waals surface area contributed by atoms with E-state index in [1.54, 1.807) is 14.2 Å². The minimum atomic E-state index is 0.0494. The molecule has 2 N–H and O–H groups in total. The third-order valence-corrected chi connectivity index (χ3v) is 4.53. The molecule has 0 fully saturated rings. The van der Waals surface area contributed by atoms with Gasteiger partial charge in [0.15, 0.2) is 11.8 Å². The summed E-state index contributed by atoms with van der Waals surface area (Å²) in [6, 6.07) is 0.271. The summed E-state index contributed by atoms with van der Waals surface area (Å²) < 4.78 is 12.7. The summed E-state index contributed by atoms with van der Waals surface area (Å²) in [7, 11) is 3.41. The van der Waals surface area contributed by atoms with Crippen LogP contribution in [0.4, 0.5) is 0 Å². The van der Waals surface area contributed by atoms with Crippen LogP contribution in [0.5, 0.6) is 0 Å². The second kappa shape index (κ2) is 9.32. The van der Waals surface area contributed by atoms with Gasteiger partial charge in [-0.2, -0.15) is 5.10 Å². The van der Waals surface area contributed by atoms with Crippen LogP contribution in [0.1, 0.15) is 45.8 Å².